The number of benzene rings is 1. The number of Topliss-reactive ketones (excluding diaryl/α,β-unsaturated/α-hetero) is 1. The van der Waals surface area contributed by atoms with Crippen molar-refractivity contribution in [3.8, 4) is 5.75 Å². The number of nitrogens with zero attached hydrogens (tertiary/aromatic N) is 1. The van der Waals surface area contributed by atoms with E-state index in [0.29, 0.717) is 56.0 Å². The summed E-state index contributed by atoms with van der Waals surface area (Å²) in [5.74, 6) is -0.423. The van der Waals surface area contributed by atoms with Crippen molar-refractivity contribution in [2.24, 2.45) is 5.92 Å². The van der Waals surface area contributed by atoms with Gasteiger partial charge in [-0.05, 0) is 57.5 Å². The van der Waals surface area contributed by atoms with Crippen molar-refractivity contribution in [1.82, 2.24) is 4.90 Å². The molecular formula is C18H26N2O4. The van der Waals surface area contributed by atoms with Gasteiger partial charge in [-0.3, -0.25) is 14.5 Å². The van der Waals surface area contributed by atoms with Crippen LogP contribution in [0.4, 0.5) is 5.69 Å². The highest BCUT2D eigenvalue weighted by atomic mass is 16.5. The van der Waals surface area contributed by atoms with Crippen molar-refractivity contribution in [3.05, 3.63) is 23.8 Å². The second-order valence-electron chi connectivity index (χ2n) is 6.12. The number of carboxylic acids is 1. The molecule has 6 heteroatoms. The van der Waals surface area contributed by atoms with Gasteiger partial charge in [-0.25, -0.2) is 0 Å². The van der Waals surface area contributed by atoms with E-state index in [9.17, 15) is 9.59 Å². The molecule has 0 bridgehead atoms. The summed E-state index contributed by atoms with van der Waals surface area (Å²) in [6.45, 7) is 5.64. The van der Waals surface area contributed by atoms with Crippen LogP contribution in [0.1, 0.15) is 43.5 Å². The quantitative estimate of drug-likeness (QED) is 0.587. The van der Waals surface area contributed by atoms with Crippen molar-refractivity contribution in [3.63, 3.8) is 0 Å². The highest BCUT2D eigenvalue weighted by Gasteiger charge is 2.31. The van der Waals surface area contributed by atoms with Gasteiger partial charge in [0.1, 0.15) is 5.75 Å². The SMILES string of the molecule is CCOc1ccc(C(=O)C(CC)N2CCC(C(=O)O)CC2)cc1N. The third kappa shape index (κ3) is 4.06. The summed E-state index contributed by atoms with van der Waals surface area (Å²) in [5.41, 5.74) is 6.99. The van der Waals surface area contributed by atoms with Gasteiger partial charge in [0, 0.05) is 5.56 Å². The molecule has 0 spiro atoms. The van der Waals surface area contributed by atoms with Crippen molar-refractivity contribution >= 4 is 17.4 Å². The van der Waals surface area contributed by atoms with Crippen LogP contribution < -0.4 is 10.5 Å². The Morgan fingerprint density at radius 1 is 1.33 bits per heavy atom. The second-order valence-corrected chi connectivity index (χ2v) is 6.12. The van der Waals surface area contributed by atoms with Crippen molar-refractivity contribution < 1.29 is 19.4 Å². The number of piperidine rings is 1. The molecule has 3 N–H and O–H groups in total. The van der Waals surface area contributed by atoms with Crippen molar-refractivity contribution in [2.45, 2.75) is 39.2 Å². The largest absolute Gasteiger partial charge is 0.492 e. The van der Waals surface area contributed by atoms with Crippen LogP contribution >= 0.6 is 0 Å². The average molecular weight is 334 g/mol. The van der Waals surface area contributed by atoms with Gasteiger partial charge in [-0.15, -0.1) is 0 Å². The minimum Gasteiger partial charge on any atom is -0.492 e. The first-order valence-electron chi connectivity index (χ1n) is 8.51. The molecule has 1 saturated heterocycles. The number of carbonyl (C=O) groups is 2. The number of anilines is 1. The standard InChI is InChI=1S/C18H26N2O4/c1-3-15(20-9-7-12(8-10-20)18(22)23)17(21)13-5-6-16(24-4-2)14(19)11-13/h5-6,11-12,15H,3-4,7-10,19H2,1-2H3,(H,22,23). The molecule has 1 aliphatic heterocycles. The number of likely N-dealkylation sites (tertiary alicyclic amines) is 1. The Morgan fingerprint density at radius 3 is 2.50 bits per heavy atom. The van der Waals surface area contributed by atoms with E-state index in [2.05, 4.69) is 4.90 Å². The molecule has 0 aliphatic carbocycles. The van der Waals surface area contributed by atoms with E-state index in [4.69, 9.17) is 15.6 Å². The Labute approximate surface area is 142 Å². The first-order valence-corrected chi connectivity index (χ1v) is 8.51. The van der Waals surface area contributed by atoms with E-state index < -0.39 is 5.97 Å². The number of nitrogen functional groups attached to an aromatic ring is 1. The normalized spacial score (nSPS) is 17.4. The number of rotatable bonds is 7. The number of hydrogen-bond donors (Lipinski definition) is 2. The zero-order valence-electron chi connectivity index (χ0n) is 14.3. The fourth-order valence-corrected chi connectivity index (χ4v) is 3.25. The minimum absolute atomic E-state index is 0.0287. The van der Waals surface area contributed by atoms with Crippen LogP contribution in [-0.4, -0.2) is 47.5 Å². The van der Waals surface area contributed by atoms with Crippen molar-refractivity contribution in [1.29, 1.82) is 0 Å². The minimum atomic E-state index is -0.742. The molecule has 6 nitrogen and oxygen atoms in total. The van der Waals surface area contributed by atoms with E-state index in [1.54, 1.807) is 18.2 Å². The van der Waals surface area contributed by atoms with Gasteiger partial charge in [0.25, 0.3) is 0 Å². The summed E-state index contributed by atoms with van der Waals surface area (Å²) in [5, 5.41) is 9.10. The average Bonchev–Trinajstić information content (AvgIpc) is 2.58. The van der Waals surface area contributed by atoms with Gasteiger partial charge in [-0.1, -0.05) is 6.92 Å². The van der Waals surface area contributed by atoms with Crippen LogP contribution in [0.15, 0.2) is 18.2 Å². The number of ketones is 1. The van der Waals surface area contributed by atoms with E-state index in [1.807, 2.05) is 13.8 Å². The molecule has 1 aromatic rings. The molecule has 0 aromatic heterocycles. The lowest BCUT2D eigenvalue weighted by Crippen LogP contribution is -2.46. The molecule has 0 radical (unpaired) electrons. The Kier molecular flexibility index (Phi) is 6.20. The summed E-state index contributed by atoms with van der Waals surface area (Å²) in [6, 6.07) is 4.91. The number of nitrogens with two attached hydrogens (primary N) is 1. The lowest BCUT2D eigenvalue weighted by atomic mass is 9.93. The smallest absolute Gasteiger partial charge is 0.306 e. The highest BCUT2D eigenvalue weighted by molar-refractivity contribution is 6.01. The third-order valence-corrected chi connectivity index (χ3v) is 4.60. The molecule has 0 saturated carbocycles. The van der Waals surface area contributed by atoms with E-state index in [-0.39, 0.29) is 17.7 Å². The number of carboxylic acid groups (broad SMARTS) is 1. The van der Waals surface area contributed by atoms with Gasteiger partial charge >= 0.3 is 5.97 Å². The Morgan fingerprint density at radius 2 is 2.00 bits per heavy atom. The summed E-state index contributed by atoms with van der Waals surface area (Å²) < 4.78 is 5.41. The van der Waals surface area contributed by atoms with E-state index in [0.717, 1.165) is 0 Å². The molecule has 2 rings (SSSR count). The third-order valence-electron chi connectivity index (χ3n) is 4.60. The van der Waals surface area contributed by atoms with Crippen molar-refractivity contribution in [2.75, 3.05) is 25.4 Å². The molecule has 132 valence electrons. The fraction of sp³-hybridized carbons (Fsp3) is 0.556. The van der Waals surface area contributed by atoms with Gasteiger partial charge in [0.2, 0.25) is 0 Å². The first kappa shape index (κ1) is 18.3. The summed E-state index contributed by atoms with van der Waals surface area (Å²) >= 11 is 0. The zero-order valence-corrected chi connectivity index (χ0v) is 14.3. The predicted octanol–water partition coefficient (Wildman–Crippen LogP) is 2.43. The summed E-state index contributed by atoms with van der Waals surface area (Å²) in [4.78, 5) is 26.0. The van der Waals surface area contributed by atoms with Gasteiger partial charge in [-0.2, -0.15) is 0 Å². The molecule has 1 aromatic carbocycles. The number of hydrogen-bond acceptors (Lipinski definition) is 5. The van der Waals surface area contributed by atoms with Gasteiger partial charge in [0.05, 0.1) is 24.3 Å². The molecule has 0 amide bonds. The second kappa shape index (κ2) is 8.15. The van der Waals surface area contributed by atoms with Crippen LogP contribution in [0.25, 0.3) is 0 Å². The van der Waals surface area contributed by atoms with E-state index in [1.165, 1.54) is 0 Å². The van der Waals surface area contributed by atoms with Crippen LogP contribution in [0.2, 0.25) is 0 Å². The Hall–Kier alpha value is -2.08. The fourth-order valence-electron chi connectivity index (χ4n) is 3.25. The molecule has 1 unspecified atom stereocenters. The topological polar surface area (TPSA) is 92.9 Å². The maximum Gasteiger partial charge on any atom is 0.306 e. The Balaban J connectivity index is 2.09. The van der Waals surface area contributed by atoms with Crippen LogP contribution in [0.3, 0.4) is 0 Å². The first-order chi connectivity index (χ1) is 11.5. The van der Waals surface area contributed by atoms with Crippen LogP contribution in [-0.2, 0) is 4.79 Å². The van der Waals surface area contributed by atoms with E-state index >= 15 is 0 Å². The molecule has 1 fully saturated rings. The molecule has 1 aliphatic rings. The van der Waals surface area contributed by atoms with Crippen LogP contribution in [0.5, 0.6) is 5.75 Å². The van der Waals surface area contributed by atoms with Crippen LogP contribution in [0, 0.1) is 5.92 Å². The summed E-state index contributed by atoms with van der Waals surface area (Å²) in [6.07, 6.45) is 1.86. The zero-order chi connectivity index (χ0) is 17.7. The number of aliphatic carboxylic acids is 1. The maximum atomic E-state index is 12.9. The number of ether oxygens (including phenoxy) is 1. The predicted molar refractivity (Wildman–Crippen MR) is 92.4 cm³/mol. The lowest BCUT2D eigenvalue weighted by Gasteiger charge is -2.35. The maximum absolute atomic E-state index is 12.9. The summed E-state index contributed by atoms with van der Waals surface area (Å²) in [7, 11) is 0. The van der Waals surface area contributed by atoms with Gasteiger partial charge < -0.3 is 15.6 Å². The molecular weight excluding hydrogens is 308 g/mol. The number of carbonyl (C=O) groups excluding carboxylic acids is 1. The molecule has 1 heterocycles. The molecule has 1 atom stereocenters. The van der Waals surface area contributed by atoms with Gasteiger partial charge in [0.15, 0.2) is 5.78 Å². The lowest BCUT2D eigenvalue weighted by molar-refractivity contribution is -0.143. The monoisotopic (exact) mass is 334 g/mol. The Bertz CT molecular complexity index is 595. The highest BCUT2D eigenvalue weighted by Crippen LogP contribution is 2.26. The molecule has 24 heavy (non-hydrogen) atoms.